The molecule has 1 aliphatic heterocycles. The van der Waals surface area contributed by atoms with Gasteiger partial charge in [-0.2, -0.15) is 0 Å². The maximum absolute atomic E-state index is 11.4. The van der Waals surface area contributed by atoms with Gasteiger partial charge in [-0.05, 0) is 55.7 Å². The number of aromatic nitrogens is 2. The molecule has 1 saturated carbocycles. The first-order valence-electron chi connectivity index (χ1n) is 10.6. The van der Waals surface area contributed by atoms with Crippen LogP contribution in [0.15, 0.2) is 28.7 Å². The highest BCUT2D eigenvalue weighted by atomic mass is 16.4. The molecular weight excluding hydrogens is 400 g/mol. The van der Waals surface area contributed by atoms with Gasteiger partial charge in [-0.1, -0.05) is 17.2 Å². The molecule has 0 bridgehead atoms. The van der Waals surface area contributed by atoms with Crippen LogP contribution in [-0.4, -0.2) is 59.0 Å². The first kappa shape index (κ1) is 21.0. The van der Waals surface area contributed by atoms with Crippen molar-refractivity contribution in [3.63, 3.8) is 0 Å². The number of likely N-dealkylation sites (tertiary alicyclic amines) is 1. The zero-order valence-corrected chi connectivity index (χ0v) is 17.6. The highest BCUT2D eigenvalue weighted by molar-refractivity contribution is 5.72. The van der Waals surface area contributed by atoms with E-state index in [1.807, 2.05) is 36.2 Å². The van der Waals surface area contributed by atoms with E-state index in [9.17, 15) is 9.59 Å². The fourth-order valence-electron chi connectivity index (χ4n) is 4.52. The van der Waals surface area contributed by atoms with Crippen LogP contribution in [0.2, 0.25) is 0 Å². The van der Waals surface area contributed by atoms with Crippen molar-refractivity contribution in [1.29, 1.82) is 0 Å². The average Bonchev–Trinajstić information content (AvgIpc) is 3.21. The van der Waals surface area contributed by atoms with Crippen LogP contribution >= 0.6 is 0 Å². The number of carboxylic acid groups (broad SMARTS) is 1. The number of nitrogens with two attached hydrogens (primary N) is 1. The summed E-state index contributed by atoms with van der Waals surface area (Å²) in [6.45, 7) is 2.03. The number of carbonyl (C=O) groups excluding carboxylic acids is 1. The minimum Gasteiger partial charge on any atom is -0.465 e. The lowest BCUT2D eigenvalue weighted by Gasteiger charge is -2.42. The number of anilines is 1. The minimum absolute atomic E-state index is 0.293. The van der Waals surface area contributed by atoms with Gasteiger partial charge in [0.2, 0.25) is 5.89 Å². The number of carbonyl (C=O) groups is 2. The van der Waals surface area contributed by atoms with Gasteiger partial charge < -0.3 is 30.4 Å². The molecule has 10 heteroatoms. The molecule has 10 nitrogen and oxygen atoms in total. The first-order valence-corrected chi connectivity index (χ1v) is 10.6. The maximum atomic E-state index is 11.4. The molecule has 2 aliphatic rings. The number of primary amides is 1. The van der Waals surface area contributed by atoms with E-state index in [0.717, 1.165) is 43.2 Å². The van der Waals surface area contributed by atoms with Gasteiger partial charge in [-0.15, -0.1) is 5.10 Å². The minimum atomic E-state index is -1.01. The number of urea groups is 1. The Morgan fingerprint density at radius 3 is 2.65 bits per heavy atom. The van der Waals surface area contributed by atoms with E-state index in [1.54, 1.807) is 4.90 Å². The molecule has 3 amide bonds. The van der Waals surface area contributed by atoms with Crippen LogP contribution in [-0.2, 0) is 5.54 Å². The molecule has 1 unspecified atom stereocenters. The molecule has 1 aromatic carbocycles. The standard InChI is InChI=1S/C21H28N6O4/c1-26(12-14-4-2-11-27(13-14)18(22)28)19-25-24-17(31-19)15-5-7-16(8-6-15)21(9-3-10-21)23-20(29)30/h5-8,14,23H,2-4,9-13H2,1H3,(H2,22,28)(H,29,30). The summed E-state index contributed by atoms with van der Waals surface area (Å²) in [5.74, 6) is 0.700. The summed E-state index contributed by atoms with van der Waals surface area (Å²) in [6.07, 6.45) is 3.53. The third-order valence-corrected chi connectivity index (χ3v) is 6.34. The van der Waals surface area contributed by atoms with Gasteiger partial charge in [0.25, 0.3) is 0 Å². The van der Waals surface area contributed by atoms with E-state index in [0.29, 0.717) is 37.5 Å². The van der Waals surface area contributed by atoms with Crippen LogP contribution in [0.1, 0.15) is 37.7 Å². The van der Waals surface area contributed by atoms with Crippen LogP contribution < -0.4 is 16.0 Å². The van der Waals surface area contributed by atoms with Crippen LogP contribution in [0.4, 0.5) is 15.6 Å². The van der Waals surface area contributed by atoms with Crippen molar-refractivity contribution in [3.8, 4) is 11.5 Å². The van der Waals surface area contributed by atoms with Crippen molar-refractivity contribution in [3.05, 3.63) is 29.8 Å². The Hall–Kier alpha value is -3.30. The van der Waals surface area contributed by atoms with Crippen molar-refractivity contribution in [2.45, 2.75) is 37.6 Å². The summed E-state index contributed by atoms with van der Waals surface area (Å²) in [5, 5.41) is 20.1. The summed E-state index contributed by atoms with van der Waals surface area (Å²) in [4.78, 5) is 26.2. The van der Waals surface area contributed by atoms with E-state index in [1.165, 1.54) is 0 Å². The number of benzene rings is 1. The molecule has 1 saturated heterocycles. The number of nitrogens with one attached hydrogen (secondary N) is 1. The quantitative estimate of drug-likeness (QED) is 0.643. The Morgan fingerprint density at radius 2 is 2.03 bits per heavy atom. The predicted molar refractivity (Wildman–Crippen MR) is 114 cm³/mol. The number of hydrogen-bond donors (Lipinski definition) is 3. The topological polar surface area (TPSA) is 138 Å². The fourth-order valence-corrected chi connectivity index (χ4v) is 4.52. The SMILES string of the molecule is CN(CC1CCCN(C(N)=O)C1)c1nnc(-c2ccc(C3(NC(=O)O)CCC3)cc2)o1. The van der Waals surface area contributed by atoms with Crippen molar-refractivity contribution in [2.75, 3.05) is 31.6 Å². The highest BCUT2D eigenvalue weighted by Crippen LogP contribution is 2.41. The Morgan fingerprint density at radius 1 is 1.29 bits per heavy atom. The Balaban J connectivity index is 1.41. The van der Waals surface area contributed by atoms with Crippen LogP contribution in [0, 0.1) is 5.92 Å². The van der Waals surface area contributed by atoms with Crippen LogP contribution in [0.5, 0.6) is 0 Å². The summed E-state index contributed by atoms with van der Waals surface area (Å²) >= 11 is 0. The largest absolute Gasteiger partial charge is 0.465 e. The van der Waals surface area contributed by atoms with Gasteiger partial charge in [0.1, 0.15) is 0 Å². The van der Waals surface area contributed by atoms with Gasteiger partial charge >= 0.3 is 18.1 Å². The summed E-state index contributed by atoms with van der Waals surface area (Å²) in [5.41, 5.74) is 6.63. The Labute approximate surface area is 180 Å². The second-order valence-corrected chi connectivity index (χ2v) is 8.51. The first-order chi connectivity index (χ1) is 14.9. The molecule has 1 aromatic heterocycles. The molecule has 4 rings (SSSR count). The number of amides is 3. The molecule has 4 N–H and O–H groups in total. The molecule has 2 aromatic rings. The molecule has 31 heavy (non-hydrogen) atoms. The van der Waals surface area contributed by atoms with Crippen molar-refractivity contribution >= 4 is 18.1 Å². The lowest BCUT2D eigenvalue weighted by Crippen LogP contribution is -2.50. The van der Waals surface area contributed by atoms with Crippen LogP contribution in [0.3, 0.4) is 0 Å². The summed E-state index contributed by atoms with van der Waals surface area (Å²) < 4.78 is 5.87. The predicted octanol–water partition coefficient (Wildman–Crippen LogP) is 2.61. The van der Waals surface area contributed by atoms with Gasteiger partial charge in [-0.25, -0.2) is 9.59 Å². The second-order valence-electron chi connectivity index (χ2n) is 8.51. The van der Waals surface area contributed by atoms with Gasteiger partial charge in [0.15, 0.2) is 0 Å². The zero-order chi connectivity index (χ0) is 22.0. The lowest BCUT2D eigenvalue weighted by atomic mass is 9.72. The molecule has 166 valence electrons. The molecule has 1 atom stereocenters. The normalized spacial score (nSPS) is 20.0. The van der Waals surface area contributed by atoms with E-state index in [-0.39, 0.29) is 6.03 Å². The van der Waals surface area contributed by atoms with Crippen molar-refractivity contribution in [2.24, 2.45) is 11.7 Å². The van der Waals surface area contributed by atoms with E-state index in [2.05, 4.69) is 15.5 Å². The molecular formula is C21H28N6O4. The molecule has 0 spiro atoms. The number of rotatable bonds is 6. The van der Waals surface area contributed by atoms with Gasteiger partial charge in [0, 0.05) is 32.2 Å². The Bertz CT molecular complexity index is 940. The van der Waals surface area contributed by atoms with Gasteiger partial charge in [0.05, 0.1) is 5.54 Å². The highest BCUT2D eigenvalue weighted by Gasteiger charge is 2.40. The Kier molecular flexibility index (Phi) is 5.71. The van der Waals surface area contributed by atoms with Gasteiger partial charge in [-0.3, -0.25) is 0 Å². The van der Waals surface area contributed by atoms with Crippen molar-refractivity contribution in [1.82, 2.24) is 20.4 Å². The number of piperidine rings is 1. The lowest BCUT2D eigenvalue weighted by molar-refractivity contribution is 0.144. The third-order valence-electron chi connectivity index (χ3n) is 6.34. The smallest absolute Gasteiger partial charge is 0.405 e. The number of nitrogens with zero attached hydrogens (tertiary/aromatic N) is 4. The number of hydrogen-bond acceptors (Lipinski definition) is 6. The van der Waals surface area contributed by atoms with Crippen molar-refractivity contribution < 1.29 is 19.1 Å². The summed E-state index contributed by atoms with van der Waals surface area (Å²) in [7, 11) is 1.89. The molecule has 1 aliphatic carbocycles. The molecule has 2 fully saturated rings. The fraction of sp³-hybridized carbons (Fsp3) is 0.524. The molecule has 2 heterocycles. The zero-order valence-electron chi connectivity index (χ0n) is 17.6. The average molecular weight is 428 g/mol. The maximum Gasteiger partial charge on any atom is 0.405 e. The van der Waals surface area contributed by atoms with E-state index >= 15 is 0 Å². The molecule has 0 radical (unpaired) electrons. The monoisotopic (exact) mass is 428 g/mol. The van der Waals surface area contributed by atoms with Crippen LogP contribution in [0.25, 0.3) is 11.5 Å². The second kappa shape index (κ2) is 8.44. The summed E-state index contributed by atoms with van der Waals surface area (Å²) in [6, 6.07) is 7.62. The third kappa shape index (κ3) is 4.42. The van der Waals surface area contributed by atoms with E-state index < -0.39 is 11.6 Å². The van der Waals surface area contributed by atoms with E-state index in [4.69, 9.17) is 15.3 Å².